The number of rotatable bonds is 7. The average molecular weight is 516 g/mol. The Morgan fingerprint density at radius 1 is 1.11 bits per heavy atom. The van der Waals surface area contributed by atoms with Gasteiger partial charge < -0.3 is 15.3 Å². The summed E-state index contributed by atoms with van der Waals surface area (Å²) in [4.78, 5) is 29.5. The highest BCUT2D eigenvalue weighted by molar-refractivity contribution is 7.12. The molecule has 9 heteroatoms. The largest absolute Gasteiger partial charge is 0.387 e. The highest BCUT2D eigenvalue weighted by atomic mass is 32.1. The molecule has 0 bridgehead atoms. The van der Waals surface area contributed by atoms with E-state index in [0.29, 0.717) is 24.5 Å². The van der Waals surface area contributed by atoms with Gasteiger partial charge in [-0.3, -0.25) is 19.6 Å². The zero-order chi connectivity index (χ0) is 25.8. The third kappa shape index (κ3) is 5.64. The number of aromatic nitrogens is 2. The fourth-order valence-electron chi connectivity index (χ4n) is 4.53. The first-order chi connectivity index (χ1) is 18.0. The summed E-state index contributed by atoms with van der Waals surface area (Å²) in [6.07, 6.45) is 3.93. The lowest BCUT2D eigenvalue weighted by molar-refractivity contribution is -0.135. The fourth-order valence-corrected chi connectivity index (χ4v) is 5.35. The SMILES string of the molecule is Cc1ccsc1C(=O)Nc1cc(CN2CCN(C(=O)CO)CC2)ccc1/C=C/c1n[nH]c2ccccc12. The number of anilines is 1. The summed E-state index contributed by atoms with van der Waals surface area (Å²) in [5, 5.41) is 22.7. The lowest BCUT2D eigenvalue weighted by atomic mass is 10.1. The molecule has 0 saturated carbocycles. The Balaban J connectivity index is 1.38. The van der Waals surface area contributed by atoms with Gasteiger partial charge in [-0.15, -0.1) is 11.3 Å². The summed E-state index contributed by atoms with van der Waals surface area (Å²) < 4.78 is 0. The first kappa shape index (κ1) is 24.9. The topological polar surface area (TPSA) is 102 Å². The number of fused-ring (bicyclic) bond motifs is 1. The number of benzene rings is 2. The Morgan fingerprint density at radius 2 is 1.92 bits per heavy atom. The standard InChI is InChI=1S/C28H29N5O3S/c1-19-10-15-37-27(19)28(36)29-25-16-20(17-32-11-13-33(14-12-32)26(35)18-34)6-7-21(25)8-9-24-22-4-2-3-5-23(22)30-31-24/h2-10,15-16,34H,11-14,17-18H2,1H3,(H,29,36)(H,30,31)/b9-8+. The van der Waals surface area contributed by atoms with Gasteiger partial charge in [0.05, 0.1) is 16.1 Å². The van der Waals surface area contributed by atoms with Crippen LogP contribution in [-0.2, 0) is 11.3 Å². The molecule has 0 unspecified atom stereocenters. The maximum atomic E-state index is 13.1. The van der Waals surface area contributed by atoms with Crippen molar-refractivity contribution in [3.63, 3.8) is 0 Å². The van der Waals surface area contributed by atoms with Crippen LogP contribution in [0.2, 0.25) is 0 Å². The average Bonchev–Trinajstić information content (AvgIpc) is 3.54. The number of hydrogen-bond acceptors (Lipinski definition) is 6. The number of carbonyl (C=O) groups is 2. The van der Waals surface area contributed by atoms with Gasteiger partial charge in [0.25, 0.3) is 5.91 Å². The Bertz CT molecular complexity index is 1450. The van der Waals surface area contributed by atoms with Crippen LogP contribution in [0.4, 0.5) is 5.69 Å². The second kappa shape index (κ2) is 11.1. The van der Waals surface area contributed by atoms with Gasteiger partial charge in [0.1, 0.15) is 6.61 Å². The Hall–Kier alpha value is -3.79. The van der Waals surface area contributed by atoms with Crippen LogP contribution < -0.4 is 5.32 Å². The number of carbonyl (C=O) groups excluding carboxylic acids is 2. The number of para-hydroxylation sites is 1. The van der Waals surface area contributed by atoms with E-state index >= 15 is 0 Å². The molecular weight excluding hydrogens is 486 g/mol. The van der Waals surface area contributed by atoms with Crippen molar-refractivity contribution in [2.45, 2.75) is 13.5 Å². The maximum Gasteiger partial charge on any atom is 0.266 e. The minimum atomic E-state index is -0.449. The van der Waals surface area contributed by atoms with E-state index in [2.05, 4.69) is 26.5 Å². The zero-order valence-corrected chi connectivity index (χ0v) is 21.4. The molecule has 3 heterocycles. The molecule has 190 valence electrons. The van der Waals surface area contributed by atoms with Gasteiger partial charge in [0, 0.05) is 43.8 Å². The molecule has 1 aliphatic heterocycles. The van der Waals surface area contributed by atoms with Crippen molar-refractivity contribution in [1.82, 2.24) is 20.0 Å². The minimum Gasteiger partial charge on any atom is -0.387 e. The van der Waals surface area contributed by atoms with Crippen LogP contribution in [0.5, 0.6) is 0 Å². The highest BCUT2D eigenvalue weighted by Gasteiger charge is 2.21. The van der Waals surface area contributed by atoms with Gasteiger partial charge >= 0.3 is 0 Å². The molecule has 1 saturated heterocycles. The van der Waals surface area contributed by atoms with Crippen LogP contribution in [0.15, 0.2) is 53.9 Å². The summed E-state index contributed by atoms with van der Waals surface area (Å²) in [6, 6.07) is 16.0. The third-order valence-electron chi connectivity index (χ3n) is 6.62. The second-order valence-electron chi connectivity index (χ2n) is 9.11. The monoisotopic (exact) mass is 515 g/mol. The third-order valence-corrected chi connectivity index (χ3v) is 7.64. The van der Waals surface area contributed by atoms with Crippen LogP contribution in [-0.4, -0.2) is 69.7 Å². The minimum absolute atomic E-state index is 0.124. The predicted molar refractivity (Wildman–Crippen MR) is 147 cm³/mol. The highest BCUT2D eigenvalue weighted by Crippen LogP contribution is 2.25. The van der Waals surface area contributed by atoms with Crippen molar-refractivity contribution in [3.8, 4) is 0 Å². The molecule has 1 aliphatic rings. The lowest BCUT2D eigenvalue weighted by Crippen LogP contribution is -2.49. The van der Waals surface area contributed by atoms with E-state index in [9.17, 15) is 9.59 Å². The first-order valence-electron chi connectivity index (χ1n) is 12.2. The zero-order valence-electron chi connectivity index (χ0n) is 20.6. The number of nitrogens with zero attached hydrogens (tertiary/aromatic N) is 3. The van der Waals surface area contributed by atoms with E-state index in [4.69, 9.17) is 5.11 Å². The number of amides is 2. The number of piperazine rings is 1. The van der Waals surface area contributed by atoms with Crippen LogP contribution in [0.25, 0.3) is 23.1 Å². The van der Waals surface area contributed by atoms with Crippen molar-refractivity contribution in [2.24, 2.45) is 0 Å². The van der Waals surface area contributed by atoms with Crippen LogP contribution >= 0.6 is 11.3 Å². The molecule has 0 radical (unpaired) electrons. The molecule has 0 aliphatic carbocycles. The van der Waals surface area contributed by atoms with Crippen molar-refractivity contribution >= 4 is 51.9 Å². The number of thiophene rings is 1. The Morgan fingerprint density at radius 3 is 2.68 bits per heavy atom. The van der Waals surface area contributed by atoms with Crippen molar-refractivity contribution in [3.05, 3.63) is 81.2 Å². The van der Waals surface area contributed by atoms with Gasteiger partial charge in [0.15, 0.2) is 0 Å². The molecule has 3 N–H and O–H groups in total. The number of hydrogen-bond donors (Lipinski definition) is 3. The van der Waals surface area contributed by atoms with E-state index in [1.807, 2.05) is 66.9 Å². The summed E-state index contributed by atoms with van der Waals surface area (Å²) >= 11 is 1.43. The summed E-state index contributed by atoms with van der Waals surface area (Å²) in [5.74, 6) is -0.352. The van der Waals surface area contributed by atoms with Crippen molar-refractivity contribution in [2.75, 3.05) is 38.1 Å². The quantitative estimate of drug-likeness (QED) is 0.346. The molecule has 4 aromatic rings. The molecule has 2 aromatic carbocycles. The summed E-state index contributed by atoms with van der Waals surface area (Å²) in [7, 11) is 0. The fraction of sp³-hybridized carbons (Fsp3) is 0.250. The maximum absolute atomic E-state index is 13.1. The second-order valence-corrected chi connectivity index (χ2v) is 10.0. The van der Waals surface area contributed by atoms with Gasteiger partial charge in [0.2, 0.25) is 5.91 Å². The smallest absolute Gasteiger partial charge is 0.266 e. The van der Waals surface area contributed by atoms with Crippen LogP contribution in [0.3, 0.4) is 0 Å². The number of aliphatic hydroxyl groups is 1. The van der Waals surface area contributed by atoms with E-state index in [1.165, 1.54) is 11.3 Å². The van der Waals surface area contributed by atoms with Gasteiger partial charge in [-0.2, -0.15) is 5.10 Å². The van der Waals surface area contributed by atoms with E-state index in [1.54, 1.807) is 4.90 Å². The molecule has 2 amide bonds. The molecule has 37 heavy (non-hydrogen) atoms. The van der Waals surface area contributed by atoms with Crippen molar-refractivity contribution in [1.29, 1.82) is 0 Å². The molecule has 8 nitrogen and oxygen atoms in total. The molecule has 1 fully saturated rings. The van der Waals surface area contributed by atoms with Gasteiger partial charge in [-0.05, 0) is 53.3 Å². The molecule has 5 rings (SSSR count). The number of nitrogens with one attached hydrogen (secondary N) is 2. The van der Waals surface area contributed by atoms with Crippen LogP contribution in [0.1, 0.15) is 32.1 Å². The molecule has 0 atom stereocenters. The first-order valence-corrected chi connectivity index (χ1v) is 13.1. The summed E-state index contributed by atoms with van der Waals surface area (Å²) in [5.41, 5.74) is 5.45. The molecular formula is C28H29N5O3S. The van der Waals surface area contributed by atoms with Gasteiger partial charge in [-0.1, -0.05) is 36.4 Å². The van der Waals surface area contributed by atoms with Crippen molar-refractivity contribution < 1.29 is 14.7 Å². The Labute approximate surface area is 219 Å². The number of H-pyrrole nitrogens is 1. The lowest BCUT2D eigenvalue weighted by Gasteiger charge is -2.34. The van der Waals surface area contributed by atoms with Gasteiger partial charge in [-0.25, -0.2) is 0 Å². The van der Waals surface area contributed by atoms with Crippen LogP contribution in [0, 0.1) is 6.92 Å². The predicted octanol–water partition coefficient (Wildman–Crippen LogP) is 3.99. The van der Waals surface area contributed by atoms with E-state index in [-0.39, 0.29) is 11.8 Å². The molecule has 2 aromatic heterocycles. The molecule has 0 spiro atoms. The number of aromatic amines is 1. The Kier molecular flexibility index (Phi) is 7.45. The van der Waals surface area contributed by atoms with E-state index < -0.39 is 6.61 Å². The normalized spacial score (nSPS) is 14.5. The summed E-state index contributed by atoms with van der Waals surface area (Å²) in [6.45, 7) is 4.85. The van der Waals surface area contributed by atoms with E-state index in [0.717, 1.165) is 52.1 Å². The number of aryl methyl sites for hydroxylation is 1. The number of aliphatic hydroxyl groups excluding tert-OH is 1.